The molecule has 0 aromatic carbocycles. The van der Waals surface area contributed by atoms with E-state index in [1.54, 1.807) is 0 Å². The standard InChI is InChI=1S/C16H32N2O2/c1-5-11-17(12-6-2)15(19)9-10-16(20)18(13-7-3)14-8-4/h5-14H2,1-4H3. The summed E-state index contributed by atoms with van der Waals surface area (Å²) >= 11 is 0. The third kappa shape index (κ3) is 7.51. The molecule has 4 nitrogen and oxygen atoms in total. The summed E-state index contributed by atoms with van der Waals surface area (Å²) in [6.07, 6.45) is 4.58. The van der Waals surface area contributed by atoms with Crippen LogP contribution >= 0.6 is 0 Å². The van der Waals surface area contributed by atoms with E-state index in [2.05, 4.69) is 27.7 Å². The molecule has 0 aliphatic heterocycles. The molecule has 0 aliphatic rings. The highest BCUT2D eigenvalue weighted by Gasteiger charge is 2.16. The summed E-state index contributed by atoms with van der Waals surface area (Å²) in [5.74, 6) is 0.241. The molecule has 0 unspecified atom stereocenters. The van der Waals surface area contributed by atoms with E-state index in [-0.39, 0.29) is 11.8 Å². The van der Waals surface area contributed by atoms with Crippen LogP contribution in [0.3, 0.4) is 0 Å². The van der Waals surface area contributed by atoms with E-state index in [0.717, 1.165) is 51.9 Å². The summed E-state index contributed by atoms with van der Waals surface area (Å²) < 4.78 is 0. The van der Waals surface area contributed by atoms with Crippen LogP contribution in [0.15, 0.2) is 0 Å². The van der Waals surface area contributed by atoms with Gasteiger partial charge < -0.3 is 9.80 Å². The molecule has 0 saturated carbocycles. The van der Waals surface area contributed by atoms with Crippen molar-refractivity contribution in [3.05, 3.63) is 0 Å². The maximum Gasteiger partial charge on any atom is 0.223 e. The molecule has 0 spiro atoms. The summed E-state index contributed by atoms with van der Waals surface area (Å²) in [6.45, 7) is 11.5. The smallest absolute Gasteiger partial charge is 0.223 e. The van der Waals surface area contributed by atoms with Crippen molar-refractivity contribution in [3.8, 4) is 0 Å². The minimum absolute atomic E-state index is 0.120. The Labute approximate surface area is 124 Å². The quantitative estimate of drug-likeness (QED) is 0.585. The van der Waals surface area contributed by atoms with Gasteiger partial charge in [-0.3, -0.25) is 9.59 Å². The van der Waals surface area contributed by atoms with Gasteiger partial charge in [-0.1, -0.05) is 27.7 Å². The lowest BCUT2D eigenvalue weighted by molar-refractivity contribution is -0.137. The summed E-state index contributed by atoms with van der Waals surface area (Å²) in [6, 6.07) is 0. The normalized spacial score (nSPS) is 10.4. The fraction of sp³-hybridized carbons (Fsp3) is 0.875. The SMILES string of the molecule is CCCN(CCC)C(=O)CCC(=O)N(CCC)CCC. The average molecular weight is 284 g/mol. The van der Waals surface area contributed by atoms with E-state index in [1.165, 1.54) is 0 Å². The van der Waals surface area contributed by atoms with Gasteiger partial charge in [0, 0.05) is 39.0 Å². The molecular weight excluding hydrogens is 252 g/mol. The molecule has 0 saturated heterocycles. The molecule has 0 rings (SSSR count). The first kappa shape index (κ1) is 18.9. The van der Waals surface area contributed by atoms with E-state index in [9.17, 15) is 9.59 Å². The van der Waals surface area contributed by atoms with Crippen molar-refractivity contribution < 1.29 is 9.59 Å². The highest BCUT2D eigenvalue weighted by Crippen LogP contribution is 2.05. The van der Waals surface area contributed by atoms with Crippen molar-refractivity contribution in [1.29, 1.82) is 0 Å². The summed E-state index contributed by atoms with van der Waals surface area (Å²) in [5.41, 5.74) is 0. The summed E-state index contributed by atoms with van der Waals surface area (Å²) in [4.78, 5) is 28.0. The molecule has 0 bridgehead atoms. The van der Waals surface area contributed by atoms with Crippen molar-refractivity contribution in [2.24, 2.45) is 0 Å². The predicted octanol–water partition coefficient (Wildman–Crippen LogP) is 3.06. The molecule has 0 aromatic heterocycles. The van der Waals surface area contributed by atoms with Crippen LogP contribution < -0.4 is 0 Å². The molecule has 0 fully saturated rings. The second kappa shape index (κ2) is 11.7. The Morgan fingerprint density at radius 2 is 0.850 bits per heavy atom. The highest BCUT2D eigenvalue weighted by atomic mass is 16.2. The zero-order valence-corrected chi connectivity index (χ0v) is 13.8. The van der Waals surface area contributed by atoms with Crippen LogP contribution in [0.25, 0.3) is 0 Å². The molecular formula is C16H32N2O2. The van der Waals surface area contributed by atoms with E-state index in [1.807, 2.05) is 9.80 Å². The number of hydrogen-bond acceptors (Lipinski definition) is 2. The van der Waals surface area contributed by atoms with Gasteiger partial charge in [-0.2, -0.15) is 0 Å². The lowest BCUT2D eigenvalue weighted by Gasteiger charge is -2.24. The Hall–Kier alpha value is -1.06. The number of rotatable bonds is 11. The molecule has 0 radical (unpaired) electrons. The number of nitrogens with zero attached hydrogens (tertiary/aromatic N) is 2. The molecule has 118 valence electrons. The van der Waals surface area contributed by atoms with E-state index in [0.29, 0.717) is 12.8 Å². The number of hydrogen-bond donors (Lipinski definition) is 0. The molecule has 2 amide bonds. The number of carbonyl (C=O) groups is 2. The molecule has 0 N–H and O–H groups in total. The van der Waals surface area contributed by atoms with Crippen molar-refractivity contribution in [2.45, 2.75) is 66.2 Å². The van der Waals surface area contributed by atoms with Gasteiger partial charge in [0.15, 0.2) is 0 Å². The average Bonchev–Trinajstić information content (AvgIpc) is 2.44. The molecule has 0 atom stereocenters. The monoisotopic (exact) mass is 284 g/mol. The van der Waals surface area contributed by atoms with Gasteiger partial charge in [-0.05, 0) is 25.7 Å². The molecule has 0 heterocycles. The number of amides is 2. The van der Waals surface area contributed by atoms with Crippen LogP contribution in [0.4, 0.5) is 0 Å². The maximum atomic E-state index is 12.1. The van der Waals surface area contributed by atoms with Crippen molar-refractivity contribution >= 4 is 11.8 Å². The van der Waals surface area contributed by atoms with E-state index >= 15 is 0 Å². The van der Waals surface area contributed by atoms with Crippen molar-refractivity contribution in [2.75, 3.05) is 26.2 Å². The lowest BCUT2D eigenvalue weighted by Crippen LogP contribution is -2.35. The molecule has 4 heteroatoms. The first-order valence-electron chi connectivity index (χ1n) is 8.16. The van der Waals surface area contributed by atoms with Crippen LogP contribution in [0, 0.1) is 0 Å². The van der Waals surface area contributed by atoms with Gasteiger partial charge in [-0.15, -0.1) is 0 Å². The first-order chi connectivity index (χ1) is 9.60. The lowest BCUT2D eigenvalue weighted by atomic mass is 10.2. The third-order valence-corrected chi connectivity index (χ3v) is 3.23. The van der Waals surface area contributed by atoms with Crippen LogP contribution in [0.1, 0.15) is 66.2 Å². The van der Waals surface area contributed by atoms with Crippen molar-refractivity contribution in [3.63, 3.8) is 0 Å². The predicted molar refractivity (Wildman–Crippen MR) is 83.6 cm³/mol. The topological polar surface area (TPSA) is 40.6 Å². The zero-order valence-electron chi connectivity index (χ0n) is 13.8. The first-order valence-corrected chi connectivity index (χ1v) is 8.16. The van der Waals surface area contributed by atoms with Gasteiger partial charge in [0.2, 0.25) is 11.8 Å². The fourth-order valence-electron chi connectivity index (χ4n) is 2.33. The van der Waals surface area contributed by atoms with Crippen LogP contribution in [-0.4, -0.2) is 47.8 Å². The fourth-order valence-corrected chi connectivity index (χ4v) is 2.33. The van der Waals surface area contributed by atoms with Crippen LogP contribution in [0.5, 0.6) is 0 Å². The second-order valence-corrected chi connectivity index (χ2v) is 5.26. The Morgan fingerprint density at radius 1 is 0.600 bits per heavy atom. The Morgan fingerprint density at radius 3 is 1.05 bits per heavy atom. The minimum Gasteiger partial charge on any atom is -0.343 e. The molecule has 0 aliphatic carbocycles. The van der Waals surface area contributed by atoms with E-state index in [4.69, 9.17) is 0 Å². The van der Waals surface area contributed by atoms with Gasteiger partial charge in [0.05, 0.1) is 0 Å². The van der Waals surface area contributed by atoms with Gasteiger partial charge >= 0.3 is 0 Å². The van der Waals surface area contributed by atoms with Crippen LogP contribution in [0.2, 0.25) is 0 Å². The summed E-state index contributed by atoms with van der Waals surface area (Å²) in [7, 11) is 0. The maximum absolute atomic E-state index is 12.1. The second-order valence-electron chi connectivity index (χ2n) is 5.26. The Balaban J connectivity index is 4.27. The zero-order chi connectivity index (χ0) is 15.4. The van der Waals surface area contributed by atoms with Crippen LogP contribution in [-0.2, 0) is 9.59 Å². The minimum atomic E-state index is 0.120. The molecule has 0 aromatic rings. The molecule has 20 heavy (non-hydrogen) atoms. The van der Waals surface area contributed by atoms with Crippen molar-refractivity contribution in [1.82, 2.24) is 9.80 Å². The number of carbonyl (C=O) groups excluding carboxylic acids is 2. The van der Waals surface area contributed by atoms with Gasteiger partial charge in [0.25, 0.3) is 0 Å². The third-order valence-electron chi connectivity index (χ3n) is 3.23. The summed E-state index contributed by atoms with van der Waals surface area (Å²) in [5, 5.41) is 0. The Kier molecular flexibility index (Phi) is 11.1. The van der Waals surface area contributed by atoms with E-state index < -0.39 is 0 Å². The van der Waals surface area contributed by atoms with Gasteiger partial charge in [0.1, 0.15) is 0 Å². The van der Waals surface area contributed by atoms with Gasteiger partial charge in [-0.25, -0.2) is 0 Å². The highest BCUT2D eigenvalue weighted by molar-refractivity contribution is 5.83. The largest absolute Gasteiger partial charge is 0.343 e. The Bertz CT molecular complexity index is 240.